The van der Waals surface area contributed by atoms with E-state index in [2.05, 4.69) is 0 Å². The Morgan fingerprint density at radius 3 is 2.67 bits per heavy atom. The largest absolute Gasteiger partial charge is 0.320 e. The molecule has 2 N–H and O–H groups in total. The van der Waals surface area contributed by atoms with Crippen molar-refractivity contribution >= 4 is 11.3 Å². The van der Waals surface area contributed by atoms with Gasteiger partial charge < -0.3 is 5.73 Å². The number of rotatable bonds is 3. The normalized spacial score (nSPS) is 12.7. The molecule has 0 aliphatic heterocycles. The number of benzene rings is 1. The van der Waals surface area contributed by atoms with Gasteiger partial charge in [0.15, 0.2) is 0 Å². The highest BCUT2D eigenvalue weighted by molar-refractivity contribution is 7.10. The summed E-state index contributed by atoms with van der Waals surface area (Å²) >= 11 is 1.48. The van der Waals surface area contributed by atoms with Crippen molar-refractivity contribution in [3.63, 3.8) is 0 Å². The quantitative estimate of drug-likeness (QED) is 0.895. The van der Waals surface area contributed by atoms with Gasteiger partial charge in [-0.05, 0) is 48.1 Å². The highest BCUT2D eigenvalue weighted by Gasteiger charge is 2.19. The molecule has 1 atom stereocenters. The van der Waals surface area contributed by atoms with Crippen LogP contribution >= 0.6 is 11.3 Å². The minimum absolute atomic E-state index is 0.218. The van der Waals surface area contributed by atoms with Crippen LogP contribution in [0.1, 0.15) is 34.5 Å². The fraction of sp³-hybridized carbons (Fsp3) is 0.286. The van der Waals surface area contributed by atoms with E-state index in [1.165, 1.54) is 30.4 Å². The molecule has 4 heteroatoms. The Bertz CT molecular complexity index is 563. The van der Waals surface area contributed by atoms with Crippen molar-refractivity contribution in [2.75, 3.05) is 0 Å². The zero-order chi connectivity index (χ0) is 13.3. The third-order valence-electron chi connectivity index (χ3n) is 3.06. The molecule has 0 fully saturated rings. The standard InChI is InChI=1S/C14H15F2NS/c1-3-9-4-5-18-14(9)13(17)10-7-11(15)8(2)6-12(10)16/h4-7,13H,3,17H2,1-2H3. The number of thiophene rings is 1. The van der Waals surface area contributed by atoms with E-state index >= 15 is 0 Å². The lowest BCUT2D eigenvalue weighted by Gasteiger charge is -2.14. The van der Waals surface area contributed by atoms with E-state index in [1.54, 1.807) is 0 Å². The predicted octanol–water partition coefficient (Wildman–Crippen LogP) is 3.95. The molecule has 0 bridgehead atoms. The Morgan fingerprint density at radius 1 is 1.28 bits per heavy atom. The molecule has 0 saturated heterocycles. The highest BCUT2D eigenvalue weighted by atomic mass is 32.1. The predicted molar refractivity (Wildman–Crippen MR) is 70.8 cm³/mol. The summed E-state index contributed by atoms with van der Waals surface area (Å²) in [6.07, 6.45) is 0.836. The molecule has 0 radical (unpaired) electrons. The van der Waals surface area contributed by atoms with E-state index in [0.717, 1.165) is 16.9 Å². The van der Waals surface area contributed by atoms with Gasteiger partial charge in [-0.25, -0.2) is 8.78 Å². The maximum atomic E-state index is 13.9. The van der Waals surface area contributed by atoms with Gasteiger partial charge in [0.2, 0.25) is 0 Å². The average Bonchev–Trinajstić information content (AvgIpc) is 2.81. The third kappa shape index (κ3) is 2.31. The smallest absolute Gasteiger partial charge is 0.128 e. The molecule has 1 unspecified atom stereocenters. The molecule has 1 heterocycles. The minimum atomic E-state index is -0.602. The molecule has 0 spiro atoms. The van der Waals surface area contributed by atoms with Crippen molar-refractivity contribution in [2.24, 2.45) is 5.73 Å². The van der Waals surface area contributed by atoms with Crippen LogP contribution < -0.4 is 5.73 Å². The van der Waals surface area contributed by atoms with Gasteiger partial charge in [0.25, 0.3) is 0 Å². The number of aryl methyl sites for hydroxylation is 2. The molecule has 1 aromatic heterocycles. The summed E-state index contributed by atoms with van der Waals surface area (Å²) in [7, 11) is 0. The van der Waals surface area contributed by atoms with Gasteiger partial charge in [-0.15, -0.1) is 11.3 Å². The highest BCUT2D eigenvalue weighted by Crippen LogP contribution is 2.30. The summed E-state index contributed by atoms with van der Waals surface area (Å²) in [4.78, 5) is 0.902. The SMILES string of the molecule is CCc1ccsc1C(N)c1cc(F)c(C)cc1F. The number of halogens is 2. The van der Waals surface area contributed by atoms with Gasteiger partial charge in [0, 0.05) is 10.4 Å². The van der Waals surface area contributed by atoms with Crippen molar-refractivity contribution in [3.8, 4) is 0 Å². The Morgan fingerprint density at radius 2 is 2.00 bits per heavy atom. The van der Waals surface area contributed by atoms with E-state index in [9.17, 15) is 8.78 Å². The van der Waals surface area contributed by atoms with Crippen LogP contribution in [0.4, 0.5) is 8.78 Å². The molecule has 96 valence electrons. The Hall–Kier alpha value is -1.26. The van der Waals surface area contributed by atoms with E-state index in [0.29, 0.717) is 5.56 Å². The van der Waals surface area contributed by atoms with Crippen molar-refractivity contribution in [2.45, 2.75) is 26.3 Å². The zero-order valence-electron chi connectivity index (χ0n) is 10.3. The summed E-state index contributed by atoms with van der Waals surface area (Å²) in [5, 5.41) is 1.93. The van der Waals surface area contributed by atoms with Crippen molar-refractivity contribution < 1.29 is 8.78 Å². The van der Waals surface area contributed by atoms with Crippen LogP contribution in [0.3, 0.4) is 0 Å². The Balaban J connectivity index is 2.46. The molecule has 0 amide bonds. The summed E-state index contributed by atoms with van der Waals surface area (Å²) in [5.41, 5.74) is 7.67. The topological polar surface area (TPSA) is 26.0 Å². The van der Waals surface area contributed by atoms with Gasteiger partial charge >= 0.3 is 0 Å². The first-order valence-electron chi connectivity index (χ1n) is 5.82. The van der Waals surface area contributed by atoms with Crippen LogP contribution in [0.2, 0.25) is 0 Å². The van der Waals surface area contributed by atoms with Gasteiger partial charge in [-0.1, -0.05) is 6.92 Å². The minimum Gasteiger partial charge on any atom is -0.320 e. The molecule has 0 aliphatic carbocycles. The van der Waals surface area contributed by atoms with E-state index in [4.69, 9.17) is 5.73 Å². The van der Waals surface area contributed by atoms with Crippen LogP contribution in [-0.4, -0.2) is 0 Å². The number of hydrogen-bond donors (Lipinski definition) is 1. The second-order valence-corrected chi connectivity index (χ2v) is 5.21. The zero-order valence-corrected chi connectivity index (χ0v) is 11.2. The summed E-state index contributed by atoms with van der Waals surface area (Å²) < 4.78 is 27.4. The first-order valence-corrected chi connectivity index (χ1v) is 6.70. The first-order chi connectivity index (χ1) is 8.54. The lowest BCUT2D eigenvalue weighted by atomic mass is 10.0. The summed E-state index contributed by atoms with van der Waals surface area (Å²) in [6, 6.07) is 3.77. The van der Waals surface area contributed by atoms with Crippen LogP contribution in [0, 0.1) is 18.6 Å². The molecule has 2 rings (SSSR count). The maximum Gasteiger partial charge on any atom is 0.128 e. The van der Waals surface area contributed by atoms with Crippen molar-refractivity contribution in [3.05, 3.63) is 56.8 Å². The molecular formula is C14H15F2NS. The van der Waals surface area contributed by atoms with E-state index < -0.39 is 17.7 Å². The second kappa shape index (κ2) is 5.16. The Labute approximate surface area is 109 Å². The van der Waals surface area contributed by atoms with Gasteiger partial charge in [0.1, 0.15) is 11.6 Å². The average molecular weight is 267 g/mol. The molecule has 2 aromatic rings. The van der Waals surface area contributed by atoms with E-state index in [1.807, 2.05) is 18.4 Å². The molecule has 1 aromatic carbocycles. The van der Waals surface area contributed by atoms with Crippen molar-refractivity contribution in [1.29, 1.82) is 0 Å². The third-order valence-corrected chi connectivity index (χ3v) is 4.10. The van der Waals surface area contributed by atoms with Crippen LogP contribution in [0.15, 0.2) is 23.6 Å². The maximum absolute atomic E-state index is 13.9. The van der Waals surface area contributed by atoms with Crippen LogP contribution in [-0.2, 0) is 6.42 Å². The fourth-order valence-corrected chi connectivity index (χ4v) is 2.97. The van der Waals surface area contributed by atoms with Gasteiger partial charge in [-0.2, -0.15) is 0 Å². The lowest BCUT2D eigenvalue weighted by Crippen LogP contribution is -2.14. The molecule has 0 aliphatic rings. The Kier molecular flexibility index (Phi) is 3.78. The first kappa shape index (κ1) is 13.2. The lowest BCUT2D eigenvalue weighted by molar-refractivity contribution is 0.571. The fourth-order valence-electron chi connectivity index (χ4n) is 1.95. The molecule has 18 heavy (non-hydrogen) atoms. The van der Waals surface area contributed by atoms with E-state index in [-0.39, 0.29) is 5.56 Å². The molecule has 0 saturated carbocycles. The number of hydrogen-bond acceptors (Lipinski definition) is 2. The van der Waals surface area contributed by atoms with Gasteiger partial charge in [0.05, 0.1) is 6.04 Å². The molecular weight excluding hydrogens is 252 g/mol. The number of nitrogens with two attached hydrogens (primary N) is 1. The summed E-state index contributed by atoms with van der Waals surface area (Å²) in [5.74, 6) is -0.867. The second-order valence-electron chi connectivity index (χ2n) is 4.26. The summed E-state index contributed by atoms with van der Waals surface area (Å²) in [6.45, 7) is 3.56. The van der Waals surface area contributed by atoms with Gasteiger partial charge in [-0.3, -0.25) is 0 Å². The molecule has 1 nitrogen and oxygen atoms in total. The van der Waals surface area contributed by atoms with Crippen LogP contribution in [0.25, 0.3) is 0 Å². The monoisotopic (exact) mass is 267 g/mol. The van der Waals surface area contributed by atoms with Crippen LogP contribution in [0.5, 0.6) is 0 Å². The van der Waals surface area contributed by atoms with Crippen molar-refractivity contribution in [1.82, 2.24) is 0 Å².